The molecule has 0 aliphatic heterocycles. The van der Waals surface area contributed by atoms with E-state index in [1.165, 1.54) is 18.7 Å². The zero-order valence-corrected chi connectivity index (χ0v) is 9.72. The van der Waals surface area contributed by atoms with E-state index >= 15 is 0 Å². The maximum absolute atomic E-state index is 12.6. The van der Waals surface area contributed by atoms with Crippen LogP contribution in [0.2, 0.25) is 0 Å². The summed E-state index contributed by atoms with van der Waals surface area (Å²) in [6.07, 6.45) is 0.0759. The van der Waals surface area contributed by atoms with E-state index in [1.807, 2.05) is 0 Å². The molecule has 0 spiro atoms. The van der Waals surface area contributed by atoms with Crippen molar-refractivity contribution in [1.29, 1.82) is 0 Å². The maximum atomic E-state index is 12.6. The minimum Gasteiger partial charge on any atom is -0.382 e. The summed E-state index contributed by atoms with van der Waals surface area (Å²) in [5.41, 5.74) is 6.01. The molecule has 0 saturated carbocycles. The number of anilines is 1. The standard InChI is InChI=1S/C11H10F3N5/c12-11(13,14)6-1-2-7(3-6)19-5-18-8-9(15)16-4-17-10(8)19/h3-5,7H,1-2H2,(H2,15,16,17)/t7-/m0/s1. The van der Waals surface area contributed by atoms with Gasteiger partial charge < -0.3 is 10.3 Å². The van der Waals surface area contributed by atoms with Crippen LogP contribution in [0.15, 0.2) is 24.3 Å². The Hall–Kier alpha value is -2.12. The van der Waals surface area contributed by atoms with Crippen molar-refractivity contribution in [2.45, 2.75) is 25.1 Å². The van der Waals surface area contributed by atoms with Crippen LogP contribution in [-0.2, 0) is 0 Å². The van der Waals surface area contributed by atoms with Gasteiger partial charge in [0, 0.05) is 5.57 Å². The number of alkyl halides is 3. The molecule has 19 heavy (non-hydrogen) atoms. The van der Waals surface area contributed by atoms with Crippen molar-refractivity contribution < 1.29 is 13.2 Å². The molecular formula is C11H10F3N5. The Kier molecular flexibility index (Phi) is 2.48. The van der Waals surface area contributed by atoms with Crippen LogP contribution >= 0.6 is 0 Å². The molecule has 0 aromatic carbocycles. The Morgan fingerprint density at radius 3 is 2.74 bits per heavy atom. The van der Waals surface area contributed by atoms with E-state index in [4.69, 9.17) is 5.73 Å². The normalized spacial score (nSPS) is 19.9. The summed E-state index contributed by atoms with van der Waals surface area (Å²) in [5.74, 6) is 0.224. The van der Waals surface area contributed by atoms with Gasteiger partial charge in [-0.3, -0.25) is 0 Å². The van der Waals surface area contributed by atoms with E-state index in [2.05, 4.69) is 15.0 Å². The molecule has 100 valence electrons. The van der Waals surface area contributed by atoms with E-state index in [0.29, 0.717) is 17.6 Å². The van der Waals surface area contributed by atoms with Crippen molar-refractivity contribution in [2.24, 2.45) is 0 Å². The van der Waals surface area contributed by atoms with Crippen molar-refractivity contribution in [3.63, 3.8) is 0 Å². The number of hydrogen-bond donors (Lipinski definition) is 1. The number of halogens is 3. The molecule has 0 unspecified atom stereocenters. The maximum Gasteiger partial charge on any atom is 0.412 e. The van der Waals surface area contributed by atoms with Crippen molar-refractivity contribution in [2.75, 3.05) is 5.73 Å². The lowest BCUT2D eigenvalue weighted by Crippen LogP contribution is -2.09. The molecule has 2 heterocycles. The van der Waals surface area contributed by atoms with Gasteiger partial charge in [0.05, 0.1) is 12.4 Å². The van der Waals surface area contributed by atoms with Crippen LogP contribution in [-0.4, -0.2) is 25.7 Å². The fourth-order valence-electron chi connectivity index (χ4n) is 2.27. The summed E-state index contributed by atoms with van der Waals surface area (Å²) >= 11 is 0. The number of nitrogens with zero attached hydrogens (tertiary/aromatic N) is 4. The third kappa shape index (κ3) is 1.92. The summed E-state index contributed by atoms with van der Waals surface area (Å²) in [5, 5.41) is 0. The Bertz CT molecular complexity index is 658. The summed E-state index contributed by atoms with van der Waals surface area (Å²) in [6, 6.07) is -0.393. The van der Waals surface area contributed by atoms with Crippen LogP contribution < -0.4 is 5.73 Å². The summed E-state index contributed by atoms with van der Waals surface area (Å²) in [7, 11) is 0. The number of aromatic nitrogens is 4. The average Bonchev–Trinajstić information content (AvgIpc) is 2.93. The van der Waals surface area contributed by atoms with Gasteiger partial charge >= 0.3 is 6.18 Å². The molecule has 0 saturated heterocycles. The Labute approximate surface area is 106 Å². The summed E-state index contributed by atoms with van der Waals surface area (Å²) in [4.78, 5) is 11.9. The number of nitrogens with two attached hydrogens (primary N) is 1. The van der Waals surface area contributed by atoms with Crippen LogP contribution in [0.25, 0.3) is 11.2 Å². The van der Waals surface area contributed by atoms with Gasteiger partial charge in [0.15, 0.2) is 11.5 Å². The van der Waals surface area contributed by atoms with Gasteiger partial charge in [0.25, 0.3) is 0 Å². The van der Waals surface area contributed by atoms with Gasteiger partial charge in [-0.05, 0) is 12.8 Å². The van der Waals surface area contributed by atoms with Crippen LogP contribution in [0.5, 0.6) is 0 Å². The zero-order chi connectivity index (χ0) is 13.6. The first-order valence-corrected chi connectivity index (χ1v) is 5.67. The van der Waals surface area contributed by atoms with Gasteiger partial charge in [0.2, 0.25) is 0 Å². The van der Waals surface area contributed by atoms with Crippen LogP contribution in [0, 0.1) is 0 Å². The molecule has 1 aliphatic rings. The van der Waals surface area contributed by atoms with Gasteiger partial charge in [-0.15, -0.1) is 0 Å². The molecule has 1 atom stereocenters. The van der Waals surface area contributed by atoms with E-state index < -0.39 is 17.8 Å². The van der Waals surface area contributed by atoms with E-state index in [0.717, 1.165) is 0 Å². The summed E-state index contributed by atoms with van der Waals surface area (Å²) < 4.78 is 39.4. The van der Waals surface area contributed by atoms with Crippen molar-refractivity contribution in [3.05, 3.63) is 24.3 Å². The van der Waals surface area contributed by atoms with E-state index in [9.17, 15) is 13.2 Å². The summed E-state index contributed by atoms with van der Waals surface area (Å²) in [6.45, 7) is 0. The second kappa shape index (κ2) is 3.94. The van der Waals surface area contributed by atoms with Gasteiger partial charge in [-0.1, -0.05) is 6.08 Å². The lowest BCUT2D eigenvalue weighted by Gasteiger charge is -2.09. The number of fused-ring (bicyclic) bond motifs is 1. The molecule has 0 bridgehead atoms. The molecule has 8 heteroatoms. The first kappa shape index (κ1) is 11.9. The fourth-order valence-corrected chi connectivity index (χ4v) is 2.27. The van der Waals surface area contributed by atoms with Crippen LogP contribution in [0.1, 0.15) is 18.9 Å². The monoisotopic (exact) mass is 269 g/mol. The van der Waals surface area contributed by atoms with Crippen LogP contribution in [0.4, 0.5) is 19.0 Å². The van der Waals surface area contributed by atoms with Gasteiger partial charge in [-0.25, -0.2) is 15.0 Å². The molecule has 2 aromatic rings. The number of allylic oxidation sites excluding steroid dienone is 2. The fraction of sp³-hybridized carbons (Fsp3) is 0.364. The molecule has 0 fully saturated rings. The molecule has 2 aromatic heterocycles. The first-order chi connectivity index (χ1) is 8.97. The highest BCUT2D eigenvalue weighted by Gasteiger charge is 2.37. The van der Waals surface area contributed by atoms with Crippen molar-refractivity contribution in [1.82, 2.24) is 19.5 Å². The molecule has 0 amide bonds. The number of nitrogen functional groups attached to an aromatic ring is 1. The number of hydrogen-bond acceptors (Lipinski definition) is 4. The van der Waals surface area contributed by atoms with Crippen molar-refractivity contribution >= 4 is 17.0 Å². The molecule has 0 radical (unpaired) electrons. The SMILES string of the molecule is Nc1ncnc2c1ncn2[C@@H]1C=C(C(F)(F)F)CC1. The highest BCUT2D eigenvalue weighted by atomic mass is 19.4. The minimum absolute atomic E-state index is 0.00834. The van der Waals surface area contributed by atoms with E-state index in [-0.39, 0.29) is 12.2 Å². The highest BCUT2D eigenvalue weighted by Crippen LogP contribution is 2.39. The lowest BCUT2D eigenvalue weighted by atomic mass is 10.2. The topological polar surface area (TPSA) is 69.6 Å². The van der Waals surface area contributed by atoms with Crippen molar-refractivity contribution in [3.8, 4) is 0 Å². The first-order valence-electron chi connectivity index (χ1n) is 5.67. The second-order valence-electron chi connectivity index (χ2n) is 4.38. The largest absolute Gasteiger partial charge is 0.412 e. The molecule has 3 rings (SSSR count). The molecule has 2 N–H and O–H groups in total. The van der Waals surface area contributed by atoms with Crippen LogP contribution in [0.3, 0.4) is 0 Å². The Morgan fingerprint density at radius 2 is 2.05 bits per heavy atom. The quantitative estimate of drug-likeness (QED) is 0.806. The Balaban J connectivity index is 2.03. The minimum atomic E-state index is -4.26. The van der Waals surface area contributed by atoms with Gasteiger partial charge in [-0.2, -0.15) is 13.2 Å². The predicted octanol–water partition coefficient (Wildman–Crippen LogP) is 2.23. The number of imidazole rings is 1. The lowest BCUT2D eigenvalue weighted by molar-refractivity contribution is -0.0931. The average molecular weight is 269 g/mol. The van der Waals surface area contributed by atoms with Gasteiger partial charge in [0.1, 0.15) is 11.8 Å². The second-order valence-corrected chi connectivity index (χ2v) is 4.38. The Morgan fingerprint density at radius 1 is 1.26 bits per heavy atom. The highest BCUT2D eigenvalue weighted by molar-refractivity contribution is 5.81. The predicted molar refractivity (Wildman–Crippen MR) is 62.1 cm³/mol. The third-order valence-corrected chi connectivity index (χ3v) is 3.21. The molecule has 1 aliphatic carbocycles. The van der Waals surface area contributed by atoms with E-state index in [1.54, 1.807) is 4.57 Å². The zero-order valence-electron chi connectivity index (χ0n) is 9.72. The third-order valence-electron chi connectivity index (χ3n) is 3.21. The number of rotatable bonds is 1. The molecule has 5 nitrogen and oxygen atoms in total. The smallest absolute Gasteiger partial charge is 0.382 e. The molecular weight excluding hydrogens is 259 g/mol.